The smallest absolute Gasteiger partial charge is 0.107 e. The number of hydrogen-bond donors (Lipinski definition) is 0. The van der Waals surface area contributed by atoms with Crippen LogP contribution in [0.4, 0.5) is 4.39 Å². The molecule has 0 spiro atoms. The average molecular weight is 157 g/mol. The van der Waals surface area contributed by atoms with Crippen LogP contribution in [0.25, 0.3) is 0 Å². The molecule has 0 aromatic heterocycles. The Balaban J connectivity index is 2.70. The quantitative estimate of drug-likeness (QED) is 0.521. The third-order valence-corrected chi connectivity index (χ3v) is 2.23. The highest BCUT2D eigenvalue weighted by Gasteiger charge is 2.20. The van der Waals surface area contributed by atoms with Crippen LogP contribution in [-0.4, -0.2) is 24.7 Å². The molecule has 1 fully saturated rings. The van der Waals surface area contributed by atoms with E-state index in [0.717, 1.165) is 6.54 Å². The summed E-state index contributed by atoms with van der Waals surface area (Å²) in [5.74, 6) is 0. The molecular formula is C9H16FN. The number of nitrogens with zero attached hydrogens (tertiary/aromatic N) is 1. The van der Waals surface area contributed by atoms with Crippen molar-refractivity contribution in [3.63, 3.8) is 0 Å². The second-order valence-corrected chi connectivity index (χ2v) is 3.46. The fourth-order valence-corrected chi connectivity index (χ4v) is 1.52. The summed E-state index contributed by atoms with van der Waals surface area (Å²) in [7, 11) is 2.04. The first-order chi connectivity index (χ1) is 5.11. The van der Waals surface area contributed by atoms with Crippen molar-refractivity contribution >= 4 is 0 Å². The van der Waals surface area contributed by atoms with Crippen molar-refractivity contribution in [1.82, 2.24) is 4.90 Å². The predicted molar refractivity (Wildman–Crippen MR) is 45.1 cm³/mol. The zero-order valence-electron chi connectivity index (χ0n) is 7.52. The average Bonchev–Trinajstić information content (AvgIpc) is 1.94. The second kappa shape index (κ2) is 3.24. The molecule has 1 unspecified atom stereocenters. The highest BCUT2D eigenvalue weighted by molar-refractivity contribution is 5.11. The lowest BCUT2D eigenvalue weighted by Gasteiger charge is -2.30. The van der Waals surface area contributed by atoms with Crippen LogP contribution >= 0.6 is 0 Å². The highest BCUT2D eigenvalue weighted by atomic mass is 19.1. The topological polar surface area (TPSA) is 3.24 Å². The molecule has 1 rings (SSSR count). The zero-order chi connectivity index (χ0) is 8.43. The van der Waals surface area contributed by atoms with Gasteiger partial charge in [0.1, 0.15) is 6.17 Å². The molecule has 0 N–H and O–H groups in total. The molecule has 11 heavy (non-hydrogen) atoms. The van der Waals surface area contributed by atoms with Crippen LogP contribution in [0.2, 0.25) is 0 Å². The van der Waals surface area contributed by atoms with Gasteiger partial charge in [-0.15, -0.1) is 0 Å². The molecule has 0 aliphatic carbocycles. The van der Waals surface area contributed by atoms with Crippen LogP contribution in [0, 0.1) is 0 Å². The Morgan fingerprint density at radius 2 is 2.18 bits per heavy atom. The van der Waals surface area contributed by atoms with Crippen LogP contribution in [0.5, 0.6) is 0 Å². The van der Waals surface area contributed by atoms with Gasteiger partial charge in [0.15, 0.2) is 0 Å². The maximum atomic E-state index is 12.9. The SMILES string of the molecule is CC(C)=C1CC(F)CCN1C. The molecule has 1 saturated heterocycles. The van der Waals surface area contributed by atoms with Gasteiger partial charge in [0.25, 0.3) is 0 Å². The van der Waals surface area contributed by atoms with Gasteiger partial charge in [-0.3, -0.25) is 0 Å². The van der Waals surface area contributed by atoms with E-state index in [1.54, 1.807) is 0 Å². The Morgan fingerprint density at radius 3 is 2.64 bits per heavy atom. The molecule has 64 valence electrons. The standard InChI is InChI=1S/C9H16FN/c1-7(2)9-6-8(10)4-5-11(9)3/h8H,4-6H2,1-3H3. The van der Waals surface area contributed by atoms with E-state index in [4.69, 9.17) is 0 Å². The second-order valence-electron chi connectivity index (χ2n) is 3.46. The van der Waals surface area contributed by atoms with Crippen LogP contribution in [0.1, 0.15) is 26.7 Å². The summed E-state index contributed by atoms with van der Waals surface area (Å²) in [5.41, 5.74) is 2.43. The fourth-order valence-electron chi connectivity index (χ4n) is 1.52. The van der Waals surface area contributed by atoms with Crippen molar-refractivity contribution < 1.29 is 4.39 Å². The molecule has 0 saturated carbocycles. The molecule has 1 heterocycles. The minimum atomic E-state index is -0.615. The lowest BCUT2D eigenvalue weighted by molar-refractivity contribution is 0.214. The van der Waals surface area contributed by atoms with E-state index in [1.807, 2.05) is 20.9 Å². The fraction of sp³-hybridized carbons (Fsp3) is 0.778. The minimum Gasteiger partial charge on any atom is -0.378 e. The minimum absolute atomic E-state index is 0.610. The van der Waals surface area contributed by atoms with Crippen molar-refractivity contribution in [2.45, 2.75) is 32.9 Å². The molecule has 0 aromatic rings. The molecule has 0 radical (unpaired) electrons. The summed E-state index contributed by atoms with van der Waals surface area (Å²) in [6, 6.07) is 0. The molecule has 1 aliphatic rings. The van der Waals surface area contributed by atoms with Gasteiger partial charge in [0, 0.05) is 25.7 Å². The molecule has 0 aromatic carbocycles. The maximum absolute atomic E-state index is 12.9. The molecule has 0 bridgehead atoms. The monoisotopic (exact) mass is 157 g/mol. The van der Waals surface area contributed by atoms with E-state index in [0.29, 0.717) is 12.8 Å². The Bertz CT molecular complexity index is 170. The molecule has 1 atom stereocenters. The Morgan fingerprint density at radius 1 is 1.55 bits per heavy atom. The van der Waals surface area contributed by atoms with Crippen molar-refractivity contribution in [1.29, 1.82) is 0 Å². The van der Waals surface area contributed by atoms with Crippen molar-refractivity contribution in [2.24, 2.45) is 0 Å². The Labute approximate surface area is 67.9 Å². The van der Waals surface area contributed by atoms with E-state index in [-0.39, 0.29) is 0 Å². The van der Waals surface area contributed by atoms with Gasteiger partial charge in [0.05, 0.1) is 0 Å². The summed E-state index contributed by atoms with van der Waals surface area (Å²) >= 11 is 0. The van der Waals surface area contributed by atoms with Gasteiger partial charge in [0.2, 0.25) is 0 Å². The Kier molecular flexibility index (Phi) is 2.53. The van der Waals surface area contributed by atoms with E-state index < -0.39 is 6.17 Å². The van der Waals surface area contributed by atoms with Crippen molar-refractivity contribution in [2.75, 3.05) is 13.6 Å². The van der Waals surface area contributed by atoms with Gasteiger partial charge in [-0.25, -0.2) is 4.39 Å². The first kappa shape index (κ1) is 8.57. The molecule has 2 heteroatoms. The normalized spacial score (nSPS) is 25.6. The van der Waals surface area contributed by atoms with Crippen LogP contribution in [-0.2, 0) is 0 Å². The van der Waals surface area contributed by atoms with Crippen LogP contribution < -0.4 is 0 Å². The summed E-state index contributed by atoms with van der Waals surface area (Å²) < 4.78 is 12.9. The maximum Gasteiger partial charge on any atom is 0.107 e. The summed E-state index contributed by atoms with van der Waals surface area (Å²) in [4.78, 5) is 2.16. The van der Waals surface area contributed by atoms with E-state index >= 15 is 0 Å². The predicted octanol–water partition coefficient (Wildman–Crippen LogP) is 2.34. The van der Waals surface area contributed by atoms with Crippen molar-refractivity contribution in [3.8, 4) is 0 Å². The number of allylic oxidation sites excluding steroid dienone is 2. The first-order valence-electron chi connectivity index (χ1n) is 4.13. The first-order valence-corrected chi connectivity index (χ1v) is 4.13. The van der Waals surface area contributed by atoms with Gasteiger partial charge in [-0.1, -0.05) is 5.57 Å². The summed E-state index contributed by atoms with van der Waals surface area (Å²) in [5, 5.41) is 0. The van der Waals surface area contributed by atoms with Crippen LogP contribution in [0.15, 0.2) is 11.3 Å². The number of rotatable bonds is 0. The lowest BCUT2D eigenvalue weighted by atomic mass is 10.0. The van der Waals surface area contributed by atoms with Gasteiger partial charge < -0.3 is 4.90 Å². The Hall–Kier alpha value is -0.530. The summed E-state index contributed by atoms with van der Waals surface area (Å²) in [6.45, 7) is 4.95. The van der Waals surface area contributed by atoms with E-state index in [2.05, 4.69) is 4.90 Å². The van der Waals surface area contributed by atoms with Gasteiger partial charge in [-0.05, 0) is 20.3 Å². The number of piperidine rings is 1. The van der Waals surface area contributed by atoms with E-state index in [9.17, 15) is 4.39 Å². The number of halogens is 1. The highest BCUT2D eigenvalue weighted by Crippen LogP contribution is 2.23. The lowest BCUT2D eigenvalue weighted by Crippen LogP contribution is -2.29. The molecule has 1 nitrogen and oxygen atoms in total. The van der Waals surface area contributed by atoms with Gasteiger partial charge >= 0.3 is 0 Å². The molecule has 1 aliphatic heterocycles. The number of hydrogen-bond acceptors (Lipinski definition) is 1. The number of alkyl halides is 1. The number of likely N-dealkylation sites (tertiary alicyclic amines) is 1. The van der Waals surface area contributed by atoms with Crippen molar-refractivity contribution in [3.05, 3.63) is 11.3 Å². The zero-order valence-corrected chi connectivity index (χ0v) is 7.52. The third kappa shape index (κ3) is 1.95. The molecule has 0 amide bonds. The van der Waals surface area contributed by atoms with Gasteiger partial charge in [-0.2, -0.15) is 0 Å². The summed E-state index contributed by atoms with van der Waals surface area (Å²) in [6.07, 6.45) is 0.683. The molecular weight excluding hydrogens is 141 g/mol. The van der Waals surface area contributed by atoms with Crippen LogP contribution in [0.3, 0.4) is 0 Å². The largest absolute Gasteiger partial charge is 0.378 e. The van der Waals surface area contributed by atoms with E-state index in [1.165, 1.54) is 11.3 Å². The third-order valence-electron chi connectivity index (χ3n) is 2.23.